The molecule has 0 saturated heterocycles. The lowest BCUT2D eigenvalue weighted by molar-refractivity contribution is -0.384. The summed E-state index contributed by atoms with van der Waals surface area (Å²) in [4.78, 5) is 34.5. The van der Waals surface area contributed by atoms with Crippen molar-refractivity contribution in [3.63, 3.8) is 0 Å². The summed E-state index contributed by atoms with van der Waals surface area (Å²) in [6, 6.07) is 12.2. The smallest absolute Gasteiger partial charge is 0.338 e. The van der Waals surface area contributed by atoms with Crippen LogP contribution in [0.25, 0.3) is 5.69 Å². The zero-order valence-electron chi connectivity index (χ0n) is 16.2. The lowest BCUT2D eigenvalue weighted by Crippen LogP contribution is -2.21. The Bertz CT molecular complexity index is 1090. The Hall–Kier alpha value is -4.21. The first-order valence-electron chi connectivity index (χ1n) is 8.79. The van der Waals surface area contributed by atoms with E-state index in [0.717, 1.165) is 11.4 Å². The number of nitrogens with one attached hydrogen (secondary N) is 1. The molecule has 0 saturated carbocycles. The summed E-state index contributed by atoms with van der Waals surface area (Å²) < 4.78 is 11.8. The maximum atomic E-state index is 12.2. The van der Waals surface area contributed by atoms with Crippen molar-refractivity contribution in [1.82, 2.24) is 9.78 Å². The number of aryl methyl sites for hydroxylation is 1. The molecule has 154 valence electrons. The zero-order valence-corrected chi connectivity index (χ0v) is 16.2. The highest BCUT2D eigenvalue weighted by atomic mass is 16.6. The molecule has 1 aromatic heterocycles. The Morgan fingerprint density at radius 2 is 1.90 bits per heavy atom. The summed E-state index contributed by atoms with van der Waals surface area (Å²) in [6.07, 6.45) is 1.68. The van der Waals surface area contributed by atoms with Gasteiger partial charge in [-0.3, -0.25) is 14.9 Å². The number of carbonyl (C=O) groups is 2. The second-order valence-corrected chi connectivity index (χ2v) is 6.20. The van der Waals surface area contributed by atoms with Gasteiger partial charge in [0.15, 0.2) is 6.61 Å². The van der Waals surface area contributed by atoms with E-state index >= 15 is 0 Å². The van der Waals surface area contributed by atoms with Gasteiger partial charge in [0.25, 0.3) is 11.6 Å². The molecule has 0 radical (unpaired) electrons. The van der Waals surface area contributed by atoms with Gasteiger partial charge in [0.2, 0.25) is 0 Å². The fraction of sp³-hybridized carbons (Fsp3) is 0.150. The predicted octanol–water partition coefficient (Wildman–Crippen LogP) is 2.89. The summed E-state index contributed by atoms with van der Waals surface area (Å²) in [6.45, 7) is 1.38. The third-order valence-corrected chi connectivity index (χ3v) is 4.18. The SMILES string of the molecule is COc1cc([N+](=O)[O-])ccc1NC(=O)COC(=O)c1ccc(-n2nccc2C)cc1. The monoisotopic (exact) mass is 410 g/mol. The minimum Gasteiger partial charge on any atom is -0.494 e. The van der Waals surface area contributed by atoms with Gasteiger partial charge in [0, 0.05) is 18.0 Å². The number of hydrogen-bond donors (Lipinski definition) is 1. The van der Waals surface area contributed by atoms with Crippen molar-refractivity contribution >= 4 is 23.3 Å². The quantitative estimate of drug-likeness (QED) is 0.360. The van der Waals surface area contributed by atoms with Crippen LogP contribution in [-0.4, -0.2) is 40.3 Å². The summed E-state index contributed by atoms with van der Waals surface area (Å²) in [5, 5.41) is 17.5. The Morgan fingerprint density at radius 1 is 1.17 bits per heavy atom. The Balaban J connectivity index is 1.59. The van der Waals surface area contributed by atoms with Gasteiger partial charge in [-0.05, 0) is 43.3 Å². The number of nitro groups is 1. The summed E-state index contributed by atoms with van der Waals surface area (Å²) in [5.41, 5.74) is 2.07. The topological polar surface area (TPSA) is 126 Å². The van der Waals surface area contributed by atoms with Gasteiger partial charge in [-0.2, -0.15) is 5.10 Å². The van der Waals surface area contributed by atoms with Gasteiger partial charge in [0.1, 0.15) is 5.75 Å². The number of carbonyl (C=O) groups excluding carboxylic acids is 2. The Morgan fingerprint density at radius 3 is 2.50 bits per heavy atom. The minimum absolute atomic E-state index is 0.119. The number of benzene rings is 2. The molecule has 0 aliphatic carbocycles. The second kappa shape index (κ2) is 8.86. The van der Waals surface area contributed by atoms with Crippen molar-refractivity contribution in [3.8, 4) is 11.4 Å². The van der Waals surface area contributed by atoms with Gasteiger partial charge >= 0.3 is 5.97 Å². The summed E-state index contributed by atoms with van der Waals surface area (Å²) in [7, 11) is 1.32. The number of ether oxygens (including phenoxy) is 2. The highest BCUT2D eigenvalue weighted by molar-refractivity contribution is 5.96. The number of amides is 1. The second-order valence-electron chi connectivity index (χ2n) is 6.20. The molecule has 10 nitrogen and oxygen atoms in total. The van der Waals surface area contributed by atoms with E-state index in [-0.39, 0.29) is 22.7 Å². The highest BCUT2D eigenvalue weighted by Gasteiger charge is 2.15. The van der Waals surface area contributed by atoms with Crippen LogP contribution in [-0.2, 0) is 9.53 Å². The molecule has 0 spiro atoms. The van der Waals surface area contributed by atoms with E-state index in [1.165, 1.54) is 25.3 Å². The number of nitro benzene ring substituents is 1. The standard InChI is InChI=1S/C20H18N4O6/c1-13-9-10-21-23(13)15-5-3-14(4-6-15)20(26)30-12-19(25)22-17-8-7-16(24(27)28)11-18(17)29-2/h3-11H,12H2,1-2H3,(H,22,25). The van der Waals surface area contributed by atoms with Crippen LogP contribution < -0.4 is 10.1 Å². The third kappa shape index (κ3) is 4.61. The normalized spacial score (nSPS) is 10.3. The molecular formula is C20H18N4O6. The molecule has 0 aliphatic heterocycles. The van der Waals surface area contributed by atoms with Crippen molar-refractivity contribution in [3.05, 3.63) is 76.1 Å². The van der Waals surface area contributed by atoms with Crippen LogP contribution in [0.4, 0.5) is 11.4 Å². The van der Waals surface area contributed by atoms with E-state index in [1.807, 2.05) is 13.0 Å². The minimum atomic E-state index is -0.662. The van der Waals surface area contributed by atoms with Crippen molar-refractivity contribution in [1.29, 1.82) is 0 Å². The molecule has 1 amide bonds. The molecule has 1 N–H and O–H groups in total. The maximum Gasteiger partial charge on any atom is 0.338 e. The first-order valence-corrected chi connectivity index (χ1v) is 8.79. The number of esters is 1. The number of non-ortho nitro benzene ring substituents is 1. The largest absolute Gasteiger partial charge is 0.494 e. The van der Waals surface area contributed by atoms with E-state index in [4.69, 9.17) is 9.47 Å². The molecule has 0 aliphatic rings. The average Bonchev–Trinajstić information content (AvgIpc) is 3.18. The summed E-state index contributed by atoms with van der Waals surface area (Å²) >= 11 is 0. The highest BCUT2D eigenvalue weighted by Crippen LogP contribution is 2.28. The lowest BCUT2D eigenvalue weighted by Gasteiger charge is -2.10. The molecule has 0 unspecified atom stereocenters. The molecular weight excluding hydrogens is 392 g/mol. The van der Waals surface area contributed by atoms with Crippen LogP contribution in [0.3, 0.4) is 0 Å². The molecule has 0 bridgehead atoms. The van der Waals surface area contributed by atoms with Crippen molar-refractivity contribution < 1.29 is 24.0 Å². The Labute approximate surface area is 171 Å². The number of aromatic nitrogens is 2. The van der Waals surface area contributed by atoms with Crippen molar-refractivity contribution in [2.75, 3.05) is 19.0 Å². The molecule has 1 heterocycles. The van der Waals surface area contributed by atoms with E-state index < -0.39 is 23.4 Å². The van der Waals surface area contributed by atoms with Crippen LogP contribution in [0.2, 0.25) is 0 Å². The number of anilines is 1. The lowest BCUT2D eigenvalue weighted by atomic mass is 10.2. The van der Waals surface area contributed by atoms with E-state index in [1.54, 1.807) is 35.1 Å². The number of nitrogens with zero attached hydrogens (tertiary/aromatic N) is 3. The molecule has 30 heavy (non-hydrogen) atoms. The predicted molar refractivity (Wildman–Crippen MR) is 107 cm³/mol. The van der Waals surface area contributed by atoms with Crippen molar-refractivity contribution in [2.45, 2.75) is 6.92 Å². The van der Waals surface area contributed by atoms with E-state index in [9.17, 15) is 19.7 Å². The summed E-state index contributed by atoms with van der Waals surface area (Å²) in [5.74, 6) is -1.16. The molecule has 2 aromatic carbocycles. The number of methoxy groups -OCH3 is 1. The molecule has 3 aromatic rings. The van der Waals surface area contributed by atoms with Crippen LogP contribution in [0, 0.1) is 17.0 Å². The average molecular weight is 410 g/mol. The van der Waals surface area contributed by atoms with Crippen molar-refractivity contribution in [2.24, 2.45) is 0 Å². The molecule has 3 rings (SSSR count). The third-order valence-electron chi connectivity index (χ3n) is 4.18. The first-order chi connectivity index (χ1) is 14.4. The van der Waals surface area contributed by atoms with E-state index in [2.05, 4.69) is 10.4 Å². The molecule has 10 heteroatoms. The van der Waals surface area contributed by atoms with Gasteiger partial charge in [-0.1, -0.05) is 0 Å². The molecule has 0 atom stereocenters. The van der Waals surface area contributed by atoms with Crippen LogP contribution in [0.1, 0.15) is 16.1 Å². The fourth-order valence-electron chi connectivity index (χ4n) is 2.68. The Kier molecular flexibility index (Phi) is 6.06. The maximum absolute atomic E-state index is 12.2. The fourth-order valence-corrected chi connectivity index (χ4v) is 2.68. The van der Waals surface area contributed by atoms with Crippen LogP contribution in [0.15, 0.2) is 54.7 Å². The number of rotatable bonds is 7. The zero-order chi connectivity index (χ0) is 21.7. The number of hydrogen-bond acceptors (Lipinski definition) is 7. The van der Waals surface area contributed by atoms with Gasteiger partial charge < -0.3 is 14.8 Å². The van der Waals surface area contributed by atoms with Gasteiger partial charge in [0.05, 0.1) is 35.0 Å². The van der Waals surface area contributed by atoms with E-state index in [0.29, 0.717) is 0 Å². The van der Waals surface area contributed by atoms with Crippen LogP contribution >= 0.6 is 0 Å². The van der Waals surface area contributed by atoms with Crippen LogP contribution in [0.5, 0.6) is 5.75 Å². The van der Waals surface area contributed by atoms with Gasteiger partial charge in [-0.25, -0.2) is 9.48 Å². The first kappa shape index (κ1) is 20.5. The van der Waals surface area contributed by atoms with Gasteiger partial charge in [-0.15, -0.1) is 0 Å². The molecule has 0 fully saturated rings.